The Morgan fingerprint density at radius 3 is 2.54 bits per heavy atom. The molecule has 4 aromatic heterocycles. The fraction of sp³-hybridized carbons (Fsp3) is 0.269. The zero-order chi connectivity index (χ0) is 27.4. The molecule has 0 radical (unpaired) electrons. The molecule has 10 nitrogen and oxygen atoms in total. The van der Waals surface area contributed by atoms with Crippen molar-refractivity contribution in [1.29, 1.82) is 0 Å². The Morgan fingerprint density at radius 2 is 1.82 bits per heavy atom. The van der Waals surface area contributed by atoms with Crippen molar-refractivity contribution in [3.8, 4) is 34.1 Å². The molecule has 0 spiro atoms. The largest absolute Gasteiger partial charge is 0.493 e. The second kappa shape index (κ2) is 9.65. The maximum Gasteiger partial charge on any atom is 0.238 e. The van der Waals surface area contributed by atoms with Crippen LogP contribution in [0.25, 0.3) is 28.3 Å². The lowest BCUT2D eigenvalue weighted by Gasteiger charge is -2.14. The summed E-state index contributed by atoms with van der Waals surface area (Å²) in [5.74, 6) is 1.36. The number of nitrogens with zero attached hydrogens (tertiary/aromatic N) is 7. The molecule has 5 heterocycles. The number of imidazole rings is 2. The lowest BCUT2D eigenvalue weighted by atomic mass is 10.1. The van der Waals surface area contributed by atoms with Gasteiger partial charge < -0.3 is 14.5 Å². The van der Waals surface area contributed by atoms with Crippen molar-refractivity contribution >= 4 is 39.8 Å². The number of methoxy groups -OCH3 is 2. The van der Waals surface area contributed by atoms with Crippen LogP contribution in [0.5, 0.6) is 11.5 Å². The molecule has 0 fully saturated rings. The van der Waals surface area contributed by atoms with E-state index < -0.39 is 5.95 Å². The quantitative estimate of drug-likeness (QED) is 0.292. The number of rotatable bonds is 6. The summed E-state index contributed by atoms with van der Waals surface area (Å²) in [7, 11) is 4.79. The molecule has 1 aliphatic rings. The van der Waals surface area contributed by atoms with Crippen LogP contribution < -0.4 is 9.47 Å². The second-order valence-corrected chi connectivity index (χ2v) is 10.0. The van der Waals surface area contributed by atoms with Crippen LogP contribution in [0.1, 0.15) is 29.3 Å². The first-order valence-electron chi connectivity index (χ1n) is 12.1. The summed E-state index contributed by atoms with van der Waals surface area (Å²) in [6.45, 7) is 1.86. The van der Waals surface area contributed by atoms with Gasteiger partial charge in [0.1, 0.15) is 22.4 Å². The predicted octanol–water partition coefficient (Wildman–Crippen LogP) is 5.44. The molecule has 6 rings (SSSR count). The summed E-state index contributed by atoms with van der Waals surface area (Å²) < 4.78 is 30.1. The normalized spacial score (nSPS) is 13.1. The van der Waals surface area contributed by atoms with E-state index in [1.165, 1.54) is 14.2 Å². The van der Waals surface area contributed by atoms with E-state index in [1.807, 2.05) is 13.0 Å². The Hall–Kier alpha value is -3.96. The van der Waals surface area contributed by atoms with Gasteiger partial charge in [-0.3, -0.25) is 9.08 Å². The number of aliphatic imine (C=N–C) groups is 1. The summed E-state index contributed by atoms with van der Waals surface area (Å²) in [6.07, 6.45) is 3.51. The molecule has 5 aromatic rings. The number of aromatic nitrogens is 7. The molecule has 200 valence electrons. The van der Waals surface area contributed by atoms with Gasteiger partial charge in [0.15, 0.2) is 23.0 Å². The Balaban J connectivity index is 1.55. The van der Waals surface area contributed by atoms with Gasteiger partial charge in [-0.15, -0.1) is 0 Å². The summed E-state index contributed by atoms with van der Waals surface area (Å²) in [6, 6.07) is 5.04. The van der Waals surface area contributed by atoms with Gasteiger partial charge in [-0.1, -0.05) is 23.2 Å². The number of benzene rings is 1. The SMILES string of the molecule is COc1cc(Cl)c(-c2c(F)nc(-c3cc(C)nn3C)c3nc(Cc4nc5c([nH]4)CCC(Cl)=N5)cn23)cc1OC. The Labute approximate surface area is 232 Å². The van der Waals surface area contributed by atoms with Crippen molar-refractivity contribution in [1.82, 2.24) is 34.1 Å². The molecule has 1 N–H and O–H groups in total. The van der Waals surface area contributed by atoms with E-state index in [4.69, 9.17) is 37.7 Å². The minimum atomic E-state index is -0.730. The monoisotopic (exact) mass is 568 g/mol. The zero-order valence-corrected chi connectivity index (χ0v) is 23.0. The first-order valence-corrected chi connectivity index (χ1v) is 12.8. The van der Waals surface area contributed by atoms with E-state index in [0.29, 0.717) is 69.4 Å². The summed E-state index contributed by atoms with van der Waals surface area (Å²) in [5.41, 5.74) is 4.25. The highest BCUT2D eigenvalue weighted by Crippen LogP contribution is 2.40. The zero-order valence-electron chi connectivity index (χ0n) is 21.5. The third kappa shape index (κ3) is 4.41. The van der Waals surface area contributed by atoms with E-state index in [2.05, 4.69) is 25.0 Å². The number of aryl methyl sites for hydroxylation is 3. The van der Waals surface area contributed by atoms with Gasteiger partial charge >= 0.3 is 0 Å². The highest BCUT2D eigenvalue weighted by molar-refractivity contribution is 6.65. The van der Waals surface area contributed by atoms with Crippen molar-refractivity contribution in [3.63, 3.8) is 0 Å². The van der Waals surface area contributed by atoms with E-state index in [9.17, 15) is 0 Å². The van der Waals surface area contributed by atoms with Gasteiger partial charge in [0.2, 0.25) is 5.95 Å². The second-order valence-electron chi connectivity index (χ2n) is 9.16. The molecule has 0 bridgehead atoms. The smallest absolute Gasteiger partial charge is 0.238 e. The predicted molar refractivity (Wildman–Crippen MR) is 146 cm³/mol. The summed E-state index contributed by atoms with van der Waals surface area (Å²) in [5, 5.41) is 5.20. The minimum Gasteiger partial charge on any atom is -0.493 e. The summed E-state index contributed by atoms with van der Waals surface area (Å²) >= 11 is 12.7. The Kier molecular flexibility index (Phi) is 6.27. The van der Waals surface area contributed by atoms with E-state index in [-0.39, 0.29) is 10.7 Å². The third-order valence-corrected chi connectivity index (χ3v) is 7.14. The van der Waals surface area contributed by atoms with E-state index >= 15 is 4.39 Å². The lowest BCUT2D eigenvalue weighted by molar-refractivity contribution is 0.355. The van der Waals surface area contributed by atoms with Gasteiger partial charge in [-0.25, -0.2) is 19.9 Å². The van der Waals surface area contributed by atoms with Crippen LogP contribution in [0.4, 0.5) is 10.2 Å². The molecule has 0 unspecified atom stereocenters. The molecule has 0 saturated heterocycles. The highest BCUT2D eigenvalue weighted by atomic mass is 35.5. The van der Waals surface area contributed by atoms with Gasteiger partial charge in [0.05, 0.1) is 42.0 Å². The average Bonchev–Trinajstić information content (AvgIpc) is 3.59. The van der Waals surface area contributed by atoms with Crippen molar-refractivity contribution in [2.45, 2.75) is 26.2 Å². The van der Waals surface area contributed by atoms with Gasteiger partial charge in [0.25, 0.3) is 0 Å². The molecule has 0 atom stereocenters. The Bertz CT molecular complexity index is 1790. The van der Waals surface area contributed by atoms with Crippen LogP contribution >= 0.6 is 23.2 Å². The standard InChI is InChI=1S/C26H23Cl2FN8O2/c1-12-7-17(36(2)35-12)22-26-30-13(8-21-31-16-5-6-20(28)32-25(16)33-21)11-37(26)23(24(29)34-22)14-9-18(38-3)19(39-4)10-15(14)27/h7,9-11H,5-6,8H2,1-4H3,(H,31,33). The number of H-pyrrole nitrogens is 1. The summed E-state index contributed by atoms with van der Waals surface area (Å²) in [4.78, 5) is 21.4. The first kappa shape index (κ1) is 25.3. The number of ether oxygens (including phenoxy) is 2. The first-order chi connectivity index (χ1) is 18.7. The molecular weight excluding hydrogens is 546 g/mol. The van der Waals surface area contributed by atoms with Crippen molar-refractivity contribution in [3.05, 3.63) is 58.3 Å². The fourth-order valence-corrected chi connectivity index (χ4v) is 5.22. The van der Waals surface area contributed by atoms with Crippen LogP contribution in [0.15, 0.2) is 29.4 Å². The molecule has 0 amide bonds. The van der Waals surface area contributed by atoms with Gasteiger partial charge in [-0.05, 0) is 25.5 Å². The number of halogens is 3. The van der Waals surface area contributed by atoms with Crippen LogP contribution in [-0.4, -0.2) is 53.5 Å². The van der Waals surface area contributed by atoms with E-state index in [1.54, 1.807) is 34.5 Å². The topological polar surface area (TPSA) is 108 Å². The van der Waals surface area contributed by atoms with Gasteiger partial charge in [0, 0.05) is 37.7 Å². The number of hydrogen-bond acceptors (Lipinski definition) is 7. The highest BCUT2D eigenvalue weighted by Gasteiger charge is 2.25. The molecule has 1 aromatic carbocycles. The third-order valence-electron chi connectivity index (χ3n) is 6.55. The number of fused-ring (bicyclic) bond motifs is 2. The average molecular weight is 569 g/mol. The molecule has 39 heavy (non-hydrogen) atoms. The van der Waals surface area contributed by atoms with E-state index in [0.717, 1.165) is 17.8 Å². The van der Waals surface area contributed by atoms with Crippen molar-refractivity contribution in [2.24, 2.45) is 12.0 Å². The van der Waals surface area contributed by atoms with Crippen molar-refractivity contribution < 1.29 is 13.9 Å². The number of aromatic amines is 1. The maximum absolute atomic E-state index is 15.9. The molecule has 0 saturated carbocycles. The lowest BCUT2D eigenvalue weighted by Crippen LogP contribution is -2.05. The van der Waals surface area contributed by atoms with Crippen molar-refractivity contribution in [2.75, 3.05) is 14.2 Å². The molecule has 0 aliphatic carbocycles. The van der Waals surface area contributed by atoms with Crippen LogP contribution in [0.2, 0.25) is 5.02 Å². The van der Waals surface area contributed by atoms with Crippen LogP contribution in [0, 0.1) is 12.9 Å². The molecular formula is C26H23Cl2FN8O2. The minimum absolute atomic E-state index is 0.132. The van der Waals surface area contributed by atoms with Gasteiger partial charge in [-0.2, -0.15) is 9.49 Å². The fourth-order valence-electron chi connectivity index (χ4n) is 4.81. The Morgan fingerprint density at radius 1 is 1.05 bits per heavy atom. The number of nitrogens with one attached hydrogen (secondary N) is 1. The van der Waals surface area contributed by atoms with Crippen LogP contribution in [-0.2, 0) is 19.9 Å². The molecule has 13 heteroatoms. The maximum atomic E-state index is 15.9. The van der Waals surface area contributed by atoms with Crippen LogP contribution in [0.3, 0.4) is 0 Å². The molecule has 1 aliphatic heterocycles. The number of hydrogen-bond donors (Lipinski definition) is 1.